The number of likely N-dealkylation sites (tertiary alicyclic amines) is 1. The maximum absolute atomic E-state index is 13.4. The molecule has 10 nitrogen and oxygen atoms in total. The highest BCUT2D eigenvalue weighted by Gasteiger charge is 2.52. The monoisotopic (exact) mass is 532 g/mol. The van der Waals surface area contributed by atoms with Gasteiger partial charge in [0.05, 0.1) is 35.1 Å². The molecule has 3 aliphatic rings. The van der Waals surface area contributed by atoms with E-state index in [4.69, 9.17) is 4.74 Å². The standard InChI is InChI=1S/C25H31F3N8O2/c1-15-3-6-35(24(8-15)4-5-24)23(37)31-19-10-30-32-21(19)18-7-20-17(9-29-18)22(33-36(20)14-25(26,27)28)34-11-16(12-34)13-38-2/h7,9-10,15-16H,3-6,8,11-14H2,1-2H3,(H,30,32)(H,31,37)/t15-/m0/s1. The molecule has 1 aliphatic carbocycles. The number of carbonyl (C=O) groups excluding carboxylic acids is 1. The van der Waals surface area contributed by atoms with Gasteiger partial charge in [0.25, 0.3) is 0 Å². The minimum absolute atomic E-state index is 0.0532. The number of H-pyrrole nitrogens is 1. The predicted molar refractivity (Wildman–Crippen MR) is 135 cm³/mol. The van der Waals surface area contributed by atoms with Gasteiger partial charge in [0.2, 0.25) is 0 Å². The van der Waals surface area contributed by atoms with Gasteiger partial charge in [-0.3, -0.25) is 14.8 Å². The second-order valence-electron chi connectivity index (χ2n) is 11.0. The number of hydrogen-bond acceptors (Lipinski definition) is 6. The predicted octanol–water partition coefficient (Wildman–Crippen LogP) is 4.26. The first-order valence-electron chi connectivity index (χ1n) is 13.0. The number of piperidine rings is 1. The molecule has 204 valence electrons. The smallest absolute Gasteiger partial charge is 0.384 e. The SMILES string of the molecule is COCC1CN(c2nn(CC(F)(F)F)c3cc(-c4[nH]ncc4NC(=O)N4CC[C@H](C)CC45CC5)ncc23)C1. The molecule has 0 bridgehead atoms. The molecule has 1 atom stereocenters. The quantitative estimate of drug-likeness (QED) is 0.492. The van der Waals surface area contributed by atoms with E-state index in [1.165, 1.54) is 6.20 Å². The number of halogens is 3. The Kier molecular flexibility index (Phi) is 6.00. The Morgan fingerprint density at radius 2 is 2.08 bits per heavy atom. The van der Waals surface area contributed by atoms with Crippen LogP contribution in [0.2, 0.25) is 0 Å². The summed E-state index contributed by atoms with van der Waals surface area (Å²) in [5.74, 6) is 1.38. The van der Waals surface area contributed by atoms with E-state index < -0.39 is 12.7 Å². The first kappa shape index (κ1) is 25.0. The molecule has 2 N–H and O–H groups in total. The van der Waals surface area contributed by atoms with Crippen LogP contribution in [-0.2, 0) is 11.3 Å². The van der Waals surface area contributed by atoms with Crippen LogP contribution >= 0.6 is 0 Å². The van der Waals surface area contributed by atoms with E-state index in [-0.39, 0.29) is 11.6 Å². The summed E-state index contributed by atoms with van der Waals surface area (Å²) < 4.78 is 46.4. The Morgan fingerprint density at radius 3 is 2.79 bits per heavy atom. The number of carbonyl (C=O) groups is 1. The number of nitrogens with zero attached hydrogens (tertiary/aromatic N) is 6. The highest BCUT2D eigenvalue weighted by molar-refractivity contribution is 5.96. The third-order valence-corrected chi connectivity index (χ3v) is 7.96. The van der Waals surface area contributed by atoms with Crippen molar-refractivity contribution >= 4 is 28.4 Å². The number of fused-ring (bicyclic) bond motifs is 1. The topological polar surface area (TPSA) is 104 Å². The Labute approximate surface area is 217 Å². The summed E-state index contributed by atoms with van der Waals surface area (Å²) in [7, 11) is 1.63. The van der Waals surface area contributed by atoms with E-state index in [0.717, 1.165) is 30.4 Å². The number of nitrogens with one attached hydrogen (secondary N) is 2. The van der Waals surface area contributed by atoms with Crippen LogP contribution in [0.1, 0.15) is 32.6 Å². The van der Waals surface area contributed by atoms with Gasteiger partial charge >= 0.3 is 12.2 Å². The van der Waals surface area contributed by atoms with Gasteiger partial charge in [-0.15, -0.1) is 0 Å². The molecule has 13 heteroatoms. The van der Waals surface area contributed by atoms with Crippen LogP contribution in [-0.4, -0.2) is 81.0 Å². The number of hydrogen-bond donors (Lipinski definition) is 2. The molecular weight excluding hydrogens is 501 g/mol. The molecule has 6 rings (SSSR count). The van der Waals surface area contributed by atoms with E-state index >= 15 is 0 Å². The summed E-state index contributed by atoms with van der Waals surface area (Å²) in [5, 5.41) is 14.8. The summed E-state index contributed by atoms with van der Waals surface area (Å²) in [5.41, 5.74) is 1.49. The lowest BCUT2D eigenvalue weighted by molar-refractivity contribution is -0.141. The molecule has 3 aromatic rings. The van der Waals surface area contributed by atoms with Crippen LogP contribution in [0, 0.1) is 11.8 Å². The fourth-order valence-electron chi connectivity index (χ4n) is 5.94. The van der Waals surface area contributed by atoms with Gasteiger partial charge in [0, 0.05) is 44.4 Å². The number of pyridine rings is 1. The maximum Gasteiger partial charge on any atom is 0.408 e. The van der Waals surface area contributed by atoms with Gasteiger partial charge < -0.3 is 19.9 Å². The molecule has 1 saturated carbocycles. The van der Waals surface area contributed by atoms with Crippen LogP contribution in [0.4, 0.5) is 29.5 Å². The van der Waals surface area contributed by atoms with Crippen molar-refractivity contribution in [3.8, 4) is 11.4 Å². The Morgan fingerprint density at radius 1 is 1.29 bits per heavy atom. The van der Waals surface area contributed by atoms with Crippen molar-refractivity contribution in [2.45, 2.75) is 50.9 Å². The van der Waals surface area contributed by atoms with E-state index in [0.29, 0.717) is 71.9 Å². The van der Waals surface area contributed by atoms with E-state index in [9.17, 15) is 18.0 Å². The average molecular weight is 533 g/mol. The molecule has 2 saturated heterocycles. The third-order valence-electron chi connectivity index (χ3n) is 7.96. The molecule has 0 unspecified atom stereocenters. The van der Waals surface area contributed by atoms with Gasteiger partial charge in [0.1, 0.15) is 12.2 Å². The van der Waals surface area contributed by atoms with Gasteiger partial charge in [0.15, 0.2) is 5.82 Å². The van der Waals surface area contributed by atoms with Crippen LogP contribution < -0.4 is 10.2 Å². The van der Waals surface area contributed by atoms with Crippen LogP contribution in [0.5, 0.6) is 0 Å². The normalized spacial score (nSPS) is 21.2. The maximum atomic E-state index is 13.4. The van der Waals surface area contributed by atoms with E-state index in [2.05, 4.69) is 32.5 Å². The first-order chi connectivity index (χ1) is 18.2. The van der Waals surface area contributed by atoms with E-state index in [1.54, 1.807) is 19.4 Å². The largest absolute Gasteiger partial charge is 0.408 e. The minimum Gasteiger partial charge on any atom is -0.384 e. The summed E-state index contributed by atoms with van der Waals surface area (Å²) >= 11 is 0. The fraction of sp³-hybridized carbons (Fsp3) is 0.600. The molecule has 2 aliphatic heterocycles. The van der Waals surface area contributed by atoms with Crippen LogP contribution in [0.25, 0.3) is 22.3 Å². The van der Waals surface area contributed by atoms with Crippen molar-refractivity contribution in [3.63, 3.8) is 0 Å². The molecule has 38 heavy (non-hydrogen) atoms. The molecule has 3 aromatic heterocycles. The zero-order chi connectivity index (χ0) is 26.7. The van der Waals surface area contributed by atoms with E-state index in [1.807, 2.05) is 9.80 Å². The summed E-state index contributed by atoms with van der Waals surface area (Å²) in [4.78, 5) is 21.6. The van der Waals surface area contributed by atoms with Crippen LogP contribution in [0.3, 0.4) is 0 Å². The molecule has 1 spiro atoms. The van der Waals surface area contributed by atoms with Gasteiger partial charge in [-0.1, -0.05) is 6.92 Å². The molecule has 2 amide bonds. The summed E-state index contributed by atoms with van der Waals surface area (Å²) in [6.45, 7) is 3.60. The van der Waals surface area contributed by atoms with Gasteiger partial charge in [-0.05, 0) is 37.7 Å². The highest BCUT2D eigenvalue weighted by atomic mass is 19.4. The number of ether oxygens (including phenoxy) is 1. The molecule has 0 aromatic carbocycles. The lowest BCUT2D eigenvalue weighted by Crippen LogP contribution is -2.49. The Hall–Kier alpha value is -3.35. The number of methoxy groups -OCH3 is 1. The second-order valence-corrected chi connectivity index (χ2v) is 11.0. The summed E-state index contributed by atoms with van der Waals surface area (Å²) in [6.07, 6.45) is 2.59. The number of anilines is 2. The van der Waals surface area contributed by atoms with Crippen molar-refractivity contribution in [3.05, 3.63) is 18.5 Å². The minimum atomic E-state index is -4.44. The third kappa shape index (κ3) is 4.56. The highest BCUT2D eigenvalue weighted by Crippen LogP contribution is 2.50. The molecule has 5 heterocycles. The number of amides is 2. The Balaban J connectivity index is 1.28. The van der Waals surface area contributed by atoms with Gasteiger partial charge in [-0.25, -0.2) is 4.79 Å². The lowest BCUT2D eigenvalue weighted by atomic mass is 9.91. The van der Waals surface area contributed by atoms with Crippen molar-refractivity contribution < 1.29 is 22.7 Å². The number of rotatable bonds is 6. The summed E-state index contributed by atoms with van der Waals surface area (Å²) in [6, 6.07) is 1.38. The zero-order valence-corrected chi connectivity index (χ0v) is 21.4. The molecular formula is C25H31F3N8O2. The molecule has 0 radical (unpaired) electrons. The average Bonchev–Trinajstić information content (AvgIpc) is 3.27. The van der Waals surface area contributed by atoms with Crippen molar-refractivity contribution in [1.29, 1.82) is 0 Å². The number of urea groups is 1. The number of aromatic nitrogens is 5. The lowest BCUT2D eigenvalue weighted by Gasteiger charge is -2.39. The first-order valence-corrected chi connectivity index (χ1v) is 13.0. The Bertz CT molecular complexity index is 1340. The second kappa shape index (κ2) is 9.14. The van der Waals surface area contributed by atoms with Crippen molar-refractivity contribution in [2.75, 3.05) is 43.6 Å². The van der Waals surface area contributed by atoms with Gasteiger partial charge in [-0.2, -0.15) is 23.4 Å². The van der Waals surface area contributed by atoms with Crippen molar-refractivity contribution in [1.82, 2.24) is 29.9 Å². The zero-order valence-electron chi connectivity index (χ0n) is 21.4. The number of alkyl halides is 3. The van der Waals surface area contributed by atoms with Crippen LogP contribution in [0.15, 0.2) is 18.5 Å². The number of aromatic amines is 1. The fourth-order valence-corrected chi connectivity index (χ4v) is 5.94. The van der Waals surface area contributed by atoms with Crippen molar-refractivity contribution in [2.24, 2.45) is 11.8 Å². The molecule has 3 fully saturated rings.